The van der Waals surface area contributed by atoms with Gasteiger partial charge in [-0.05, 0) is 49.3 Å². The highest BCUT2D eigenvalue weighted by atomic mass is 32.1. The molecule has 136 valence electrons. The summed E-state index contributed by atoms with van der Waals surface area (Å²) in [6.45, 7) is 12.2. The fourth-order valence-electron chi connectivity index (χ4n) is 2.44. The summed E-state index contributed by atoms with van der Waals surface area (Å²) in [5, 5.41) is 4.85. The molecule has 0 bridgehead atoms. The Labute approximate surface area is 154 Å². The van der Waals surface area contributed by atoms with Crippen molar-refractivity contribution in [1.29, 1.82) is 0 Å². The van der Waals surface area contributed by atoms with Crippen LogP contribution >= 0.6 is 11.3 Å². The molecule has 0 aliphatic heterocycles. The number of carbonyl (C=O) groups excluding carboxylic acids is 1. The van der Waals surface area contributed by atoms with Gasteiger partial charge in [0.1, 0.15) is 12.4 Å². The Bertz CT molecular complexity index is 661. The predicted molar refractivity (Wildman–Crippen MR) is 106 cm³/mol. The number of ether oxygens (including phenoxy) is 1. The summed E-state index contributed by atoms with van der Waals surface area (Å²) in [7, 11) is 0. The molecule has 0 spiro atoms. The molecule has 2 rings (SSSR count). The second-order valence-electron chi connectivity index (χ2n) is 6.25. The van der Waals surface area contributed by atoms with Crippen molar-refractivity contribution < 1.29 is 9.53 Å². The van der Waals surface area contributed by atoms with Gasteiger partial charge in [0.15, 0.2) is 0 Å². The number of amides is 1. The van der Waals surface area contributed by atoms with Gasteiger partial charge in [0.05, 0.1) is 5.56 Å². The van der Waals surface area contributed by atoms with E-state index in [1.165, 1.54) is 4.88 Å². The number of benzene rings is 1. The van der Waals surface area contributed by atoms with Crippen molar-refractivity contribution in [2.45, 2.75) is 33.6 Å². The van der Waals surface area contributed by atoms with Crippen molar-refractivity contribution in [3.63, 3.8) is 0 Å². The number of hydrogen-bond donors (Lipinski definition) is 1. The first-order valence-electron chi connectivity index (χ1n) is 8.88. The molecule has 1 amide bonds. The van der Waals surface area contributed by atoms with Gasteiger partial charge in [-0.2, -0.15) is 0 Å². The summed E-state index contributed by atoms with van der Waals surface area (Å²) in [6, 6.07) is 9.51. The molecule has 4 nitrogen and oxygen atoms in total. The molecule has 1 aromatic heterocycles. The molecular formula is C20H28N2O2S. The van der Waals surface area contributed by atoms with E-state index in [1.807, 2.05) is 35.7 Å². The molecule has 25 heavy (non-hydrogen) atoms. The van der Waals surface area contributed by atoms with Crippen LogP contribution in [0.15, 0.2) is 35.7 Å². The van der Waals surface area contributed by atoms with E-state index in [2.05, 4.69) is 37.9 Å². The van der Waals surface area contributed by atoms with Crippen LogP contribution in [-0.2, 0) is 0 Å². The molecule has 0 aliphatic carbocycles. The first-order valence-corrected chi connectivity index (χ1v) is 9.76. The molecule has 0 fully saturated rings. The maximum absolute atomic E-state index is 12.3. The molecule has 0 radical (unpaired) electrons. The highest BCUT2D eigenvalue weighted by Crippen LogP contribution is 2.24. The van der Waals surface area contributed by atoms with E-state index in [0.29, 0.717) is 18.1 Å². The molecular weight excluding hydrogens is 332 g/mol. The number of carbonyl (C=O) groups is 1. The van der Waals surface area contributed by atoms with Gasteiger partial charge >= 0.3 is 0 Å². The van der Waals surface area contributed by atoms with Gasteiger partial charge in [0, 0.05) is 22.5 Å². The number of hydrogen-bond acceptors (Lipinski definition) is 4. The quantitative estimate of drug-likeness (QED) is 0.695. The van der Waals surface area contributed by atoms with Crippen LogP contribution in [0, 0.1) is 0 Å². The molecule has 0 aliphatic rings. The van der Waals surface area contributed by atoms with Gasteiger partial charge in [0.2, 0.25) is 0 Å². The Kier molecular flexibility index (Phi) is 7.47. The van der Waals surface area contributed by atoms with E-state index in [0.717, 1.165) is 31.1 Å². The standard InChI is InChI=1S/C20H28N2O2S/c1-5-22(6-2)11-12-24-18-9-7-17(8-10-18)21-20(23)16-13-19(15(3)4)25-14-16/h7-10,13-15H,5-6,11-12H2,1-4H3,(H,21,23). The minimum Gasteiger partial charge on any atom is -0.492 e. The average Bonchev–Trinajstić information content (AvgIpc) is 3.11. The number of nitrogens with one attached hydrogen (secondary N) is 1. The maximum atomic E-state index is 12.3. The van der Waals surface area contributed by atoms with Crippen molar-refractivity contribution in [3.05, 3.63) is 46.2 Å². The van der Waals surface area contributed by atoms with Gasteiger partial charge < -0.3 is 15.0 Å². The lowest BCUT2D eigenvalue weighted by Gasteiger charge is -2.18. The molecule has 2 aromatic rings. The van der Waals surface area contributed by atoms with Gasteiger partial charge in [0.25, 0.3) is 5.91 Å². The molecule has 0 saturated heterocycles. The third-order valence-electron chi connectivity index (χ3n) is 4.13. The highest BCUT2D eigenvalue weighted by molar-refractivity contribution is 7.10. The monoisotopic (exact) mass is 360 g/mol. The zero-order chi connectivity index (χ0) is 18.2. The van der Waals surface area contributed by atoms with Crippen molar-refractivity contribution in [2.24, 2.45) is 0 Å². The number of anilines is 1. The van der Waals surface area contributed by atoms with E-state index >= 15 is 0 Å². The van der Waals surface area contributed by atoms with Gasteiger partial charge in [-0.25, -0.2) is 0 Å². The van der Waals surface area contributed by atoms with Gasteiger partial charge in [-0.1, -0.05) is 27.7 Å². The largest absolute Gasteiger partial charge is 0.492 e. The molecule has 1 heterocycles. The topological polar surface area (TPSA) is 41.6 Å². The molecule has 0 saturated carbocycles. The zero-order valence-electron chi connectivity index (χ0n) is 15.5. The Morgan fingerprint density at radius 3 is 2.44 bits per heavy atom. The lowest BCUT2D eigenvalue weighted by Crippen LogP contribution is -2.27. The Morgan fingerprint density at radius 1 is 1.20 bits per heavy atom. The Balaban J connectivity index is 1.85. The Hall–Kier alpha value is -1.85. The average molecular weight is 361 g/mol. The minimum atomic E-state index is -0.0710. The smallest absolute Gasteiger partial charge is 0.256 e. The van der Waals surface area contributed by atoms with Crippen LogP contribution in [0.5, 0.6) is 5.75 Å². The second kappa shape index (κ2) is 9.59. The lowest BCUT2D eigenvalue weighted by atomic mass is 10.1. The van der Waals surface area contributed by atoms with E-state index in [1.54, 1.807) is 11.3 Å². The van der Waals surface area contributed by atoms with Crippen LogP contribution in [0.2, 0.25) is 0 Å². The van der Waals surface area contributed by atoms with Crippen LogP contribution in [0.1, 0.15) is 48.8 Å². The first-order chi connectivity index (χ1) is 12.0. The number of likely N-dealkylation sites (N-methyl/N-ethyl adjacent to an activating group) is 1. The third-order valence-corrected chi connectivity index (χ3v) is 5.37. The number of nitrogens with zero attached hydrogens (tertiary/aromatic N) is 1. The van der Waals surface area contributed by atoms with E-state index in [4.69, 9.17) is 4.74 Å². The summed E-state index contributed by atoms with van der Waals surface area (Å²) >= 11 is 1.63. The van der Waals surface area contributed by atoms with Gasteiger partial charge in [-0.3, -0.25) is 4.79 Å². The maximum Gasteiger partial charge on any atom is 0.256 e. The highest BCUT2D eigenvalue weighted by Gasteiger charge is 2.11. The summed E-state index contributed by atoms with van der Waals surface area (Å²) in [5.41, 5.74) is 1.49. The summed E-state index contributed by atoms with van der Waals surface area (Å²) in [4.78, 5) is 15.9. The van der Waals surface area contributed by atoms with Crippen molar-refractivity contribution >= 4 is 22.9 Å². The predicted octanol–water partition coefficient (Wildman–Crippen LogP) is 4.84. The molecule has 0 atom stereocenters. The molecule has 1 N–H and O–H groups in total. The number of thiophene rings is 1. The first kappa shape index (κ1) is 19.5. The second-order valence-corrected chi connectivity index (χ2v) is 7.19. The van der Waals surface area contributed by atoms with Crippen molar-refractivity contribution in [3.8, 4) is 5.75 Å². The van der Waals surface area contributed by atoms with Crippen LogP contribution in [-0.4, -0.2) is 37.0 Å². The van der Waals surface area contributed by atoms with E-state index in [-0.39, 0.29) is 5.91 Å². The summed E-state index contributed by atoms with van der Waals surface area (Å²) < 4.78 is 5.76. The fourth-order valence-corrected chi connectivity index (χ4v) is 3.35. The zero-order valence-corrected chi connectivity index (χ0v) is 16.4. The minimum absolute atomic E-state index is 0.0710. The van der Waals surface area contributed by atoms with E-state index in [9.17, 15) is 4.79 Å². The van der Waals surface area contributed by atoms with Gasteiger partial charge in [-0.15, -0.1) is 11.3 Å². The lowest BCUT2D eigenvalue weighted by molar-refractivity contribution is 0.102. The van der Waals surface area contributed by atoms with Crippen LogP contribution < -0.4 is 10.1 Å². The molecule has 5 heteroatoms. The van der Waals surface area contributed by atoms with Crippen LogP contribution in [0.25, 0.3) is 0 Å². The molecule has 1 aromatic carbocycles. The van der Waals surface area contributed by atoms with Crippen molar-refractivity contribution in [1.82, 2.24) is 4.90 Å². The third kappa shape index (κ3) is 5.87. The normalized spacial score (nSPS) is 11.1. The van der Waals surface area contributed by atoms with Crippen LogP contribution in [0.3, 0.4) is 0 Å². The number of rotatable bonds is 9. The summed E-state index contributed by atoms with van der Waals surface area (Å²) in [5.74, 6) is 1.19. The summed E-state index contributed by atoms with van der Waals surface area (Å²) in [6.07, 6.45) is 0. The SMILES string of the molecule is CCN(CC)CCOc1ccc(NC(=O)c2csc(C(C)C)c2)cc1. The molecule has 0 unspecified atom stereocenters. The van der Waals surface area contributed by atoms with E-state index < -0.39 is 0 Å². The van der Waals surface area contributed by atoms with Crippen molar-refractivity contribution in [2.75, 3.05) is 31.6 Å². The van der Waals surface area contributed by atoms with Crippen LogP contribution in [0.4, 0.5) is 5.69 Å². The Morgan fingerprint density at radius 2 is 1.88 bits per heavy atom. The fraction of sp³-hybridized carbons (Fsp3) is 0.450.